The normalized spacial score (nSPS) is 10.5. The Bertz CT molecular complexity index is 1320. The zero-order chi connectivity index (χ0) is 34.7. The number of benzene rings is 2. The predicted octanol–water partition coefficient (Wildman–Crippen LogP) is 7.10. The Hall–Kier alpha value is -2.88. The molecule has 0 saturated heterocycles. The van der Waals surface area contributed by atoms with Crippen LogP contribution in [-0.2, 0) is 40.1 Å². The average molecular weight is 673 g/mol. The zero-order valence-corrected chi connectivity index (χ0v) is 30.5. The van der Waals surface area contributed by atoms with E-state index in [1.165, 1.54) is 0 Å². The Morgan fingerprint density at radius 1 is 0.652 bits per heavy atom. The number of carbonyl (C=O) groups is 5. The van der Waals surface area contributed by atoms with Crippen molar-refractivity contribution in [1.29, 1.82) is 0 Å². The molecule has 0 unspecified atom stereocenters. The molecule has 0 bridgehead atoms. The Morgan fingerprint density at radius 2 is 1.00 bits per heavy atom. The van der Waals surface area contributed by atoms with E-state index in [-0.39, 0.29) is 26.3 Å². The summed E-state index contributed by atoms with van der Waals surface area (Å²) < 4.78 is 0. The third kappa shape index (κ3) is 15.1. The SMILES string of the molecule is C.CCc1cc(C)cc(CC)c1C(=O)C(=O)CN.CCc1cc(C)cc(CC)c1C(=O)C(=O)CN=C(C)CSC.CSCC(C)=O. The average Bonchev–Trinajstić information content (AvgIpc) is 3.02. The standard InChI is InChI=1S/C18H25NO2S.C14H19NO2.C4H8OS.CH4/c1-6-14-8-12(3)9-15(7-2)17(14)18(21)16(20)10-19-13(4)11-22-5;1-4-10-6-9(3)7-11(5-2)13(10)14(17)12(16)8-15;1-4(5)3-6-2;/h8-9H,6-7,10-11H2,1-5H3;6-7H,4-5,8,15H2,1-3H3;3H2,1-2H3;1H4. The monoisotopic (exact) mass is 672 g/mol. The summed E-state index contributed by atoms with van der Waals surface area (Å²) in [5, 5.41) is 0. The molecular formula is C37H56N2O5S2. The molecule has 0 atom stereocenters. The van der Waals surface area contributed by atoms with Crippen LogP contribution in [0.25, 0.3) is 0 Å². The van der Waals surface area contributed by atoms with Crippen LogP contribution in [0.5, 0.6) is 0 Å². The maximum absolute atomic E-state index is 12.6. The third-order valence-electron chi connectivity index (χ3n) is 6.76. The minimum atomic E-state index is -0.516. The first-order valence-electron chi connectivity index (χ1n) is 15.3. The van der Waals surface area contributed by atoms with Gasteiger partial charge in [0.1, 0.15) is 12.3 Å². The van der Waals surface area contributed by atoms with E-state index in [2.05, 4.69) is 4.99 Å². The third-order valence-corrected chi connectivity index (χ3v) is 8.16. The first kappa shape index (κ1) is 45.2. The van der Waals surface area contributed by atoms with E-state index in [1.54, 1.807) is 30.4 Å². The minimum Gasteiger partial charge on any atom is -0.324 e. The van der Waals surface area contributed by atoms with Gasteiger partial charge in [-0.25, -0.2) is 0 Å². The van der Waals surface area contributed by atoms with Crippen molar-refractivity contribution in [3.8, 4) is 0 Å². The van der Waals surface area contributed by atoms with Crippen molar-refractivity contribution in [3.05, 3.63) is 68.8 Å². The minimum absolute atomic E-state index is 0. The van der Waals surface area contributed by atoms with Crippen molar-refractivity contribution < 1.29 is 24.0 Å². The van der Waals surface area contributed by atoms with Crippen LogP contribution < -0.4 is 5.73 Å². The number of hydrogen-bond donors (Lipinski definition) is 1. The molecule has 0 spiro atoms. The molecular weight excluding hydrogens is 617 g/mol. The molecule has 0 aliphatic heterocycles. The van der Waals surface area contributed by atoms with Gasteiger partial charge >= 0.3 is 0 Å². The summed E-state index contributed by atoms with van der Waals surface area (Å²) in [6.45, 7) is 15.2. The molecule has 46 heavy (non-hydrogen) atoms. The quantitative estimate of drug-likeness (QED) is 0.121. The first-order valence-corrected chi connectivity index (χ1v) is 18.1. The van der Waals surface area contributed by atoms with Crippen molar-refractivity contribution in [3.63, 3.8) is 0 Å². The van der Waals surface area contributed by atoms with Crippen LogP contribution >= 0.6 is 23.5 Å². The highest BCUT2D eigenvalue weighted by Gasteiger charge is 2.22. The molecule has 9 heteroatoms. The molecule has 0 fully saturated rings. The van der Waals surface area contributed by atoms with Gasteiger partial charge in [-0.05, 0) is 88.1 Å². The molecule has 0 heterocycles. The predicted molar refractivity (Wildman–Crippen MR) is 200 cm³/mol. The van der Waals surface area contributed by atoms with E-state index >= 15 is 0 Å². The lowest BCUT2D eigenvalue weighted by atomic mass is 9.91. The number of Topliss-reactive ketones (excluding diaryl/α,β-unsaturated/α-hetero) is 5. The smallest absolute Gasteiger partial charge is 0.231 e. The van der Waals surface area contributed by atoms with E-state index in [0.29, 0.717) is 16.9 Å². The summed E-state index contributed by atoms with van der Waals surface area (Å²) in [6, 6.07) is 7.94. The Morgan fingerprint density at radius 3 is 1.26 bits per heavy atom. The van der Waals surface area contributed by atoms with Gasteiger partial charge in [-0.2, -0.15) is 23.5 Å². The van der Waals surface area contributed by atoms with Gasteiger partial charge in [0.15, 0.2) is 0 Å². The van der Waals surface area contributed by atoms with Gasteiger partial charge in [0.2, 0.25) is 23.1 Å². The molecule has 2 rings (SSSR count). The second kappa shape index (κ2) is 24.3. The number of ketones is 5. The number of nitrogens with zero attached hydrogens (tertiary/aromatic N) is 1. The number of nitrogens with two attached hydrogens (primary N) is 1. The second-order valence-corrected chi connectivity index (χ2v) is 12.4. The van der Waals surface area contributed by atoms with E-state index in [1.807, 2.05) is 85.2 Å². The highest BCUT2D eigenvalue weighted by molar-refractivity contribution is 7.99. The molecule has 0 aromatic heterocycles. The summed E-state index contributed by atoms with van der Waals surface area (Å²) in [5.41, 5.74) is 13.4. The van der Waals surface area contributed by atoms with Crippen LogP contribution in [0.1, 0.15) is 103 Å². The molecule has 0 saturated carbocycles. The van der Waals surface area contributed by atoms with Gasteiger partial charge in [0.25, 0.3) is 0 Å². The Balaban J connectivity index is 0. The van der Waals surface area contributed by atoms with E-state index in [0.717, 1.165) is 70.5 Å². The fourth-order valence-electron chi connectivity index (χ4n) is 4.69. The van der Waals surface area contributed by atoms with Gasteiger partial charge in [0.05, 0.1) is 12.3 Å². The molecule has 7 nitrogen and oxygen atoms in total. The van der Waals surface area contributed by atoms with E-state index in [9.17, 15) is 24.0 Å². The van der Waals surface area contributed by atoms with Crippen molar-refractivity contribution in [1.82, 2.24) is 0 Å². The highest BCUT2D eigenvalue weighted by Crippen LogP contribution is 2.21. The van der Waals surface area contributed by atoms with Crippen LogP contribution in [0.15, 0.2) is 29.3 Å². The number of rotatable bonds is 15. The van der Waals surface area contributed by atoms with Crippen molar-refractivity contribution >= 4 is 58.2 Å². The van der Waals surface area contributed by atoms with Gasteiger partial charge in [-0.3, -0.25) is 29.0 Å². The molecule has 2 aromatic carbocycles. The zero-order valence-electron chi connectivity index (χ0n) is 28.8. The lowest BCUT2D eigenvalue weighted by molar-refractivity contribution is -0.115. The van der Waals surface area contributed by atoms with E-state index < -0.39 is 23.1 Å². The molecule has 2 aromatic rings. The van der Waals surface area contributed by atoms with Crippen LogP contribution in [0, 0.1) is 13.8 Å². The first-order chi connectivity index (χ1) is 21.3. The summed E-state index contributed by atoms with van der Waals surface area (Å²) in [6.07, 6.45) is 6.89. The van der Waals surface area contributed by atoms with Gasteiger partial charge < -0.3 is 5.73 Å². The number of aryl methyl sites for hydroxylation is 6. The van der Waals surface area contributed by atoms with Crippen LogP contribution in [0.4, 0.5) is 0 Å². The lowest BCUT2D eigenvalue weighted by Gasteiger charge is -2.13. The van der Waals surface area contributed by atoms with Crippen LogP contribution in [0.2, 0.25) is 0 Å². The summed E-state index contributed by atoms with van der Waals surface area (Å²) in [5.74, 6) is -0.0862. The van der Waals surface area contributed by atoms with Gasteiger partial charge in [-0.15, -0.1) is 0 Å². The molecule has 0 aliphatic rings. The molecule has 0 aliphatic carbocycles. The van der Waals surface area contributed by atoms with Crippen molar-refractivity contribution in [2.24, 2.45) is 10.7 Å². The molecule has 0 radical (unpaired) electrons. The van der Waals surface area contributed by atoms with Crippen LogP contribution in [-0.4, -0.2) is 71.7 Å². The summed E-state index contributed by atoms with van der Waals surface area (Å²) >= 11 is 3.21. The second-order valence-electron chi connectivity index (χ2n) is 10.7. The summed E-state index contributed by atoms with van der Waals surface area (Å²) in [7, 11) is 0. The lowest BCUT2D eigenvalue weighted by Crippen LogP contribution is -2.25. The molecule has 256 valence electrons. The number of thioether (sulfide) groups is 2. The fraction of sp³-hybridized carbons (Fsp3) is 0.514. The van der Waals surface area contributed by atoms with Crippen LogP contribution in [0.3, 0.4) is 0 Å². The maximum Gasteiger partial charge on any atom is 0.231 e. The Kier molecular flexibility index (Phi) is 23.9. The Labute approximate surface area is 286 Å². The highest BCUT2D eigenvalue weighted by atomic mass is 32.2. The number of aliphatic imine (C=N–C) groups is 1. The largest absolute Gasteiger partial charge is 0.324 e. The number of carbonyl (C=O) groups excluding carboxylic acids is 5. The van der Waals surface area contributed by atoms with E-state index in [4.69, 9.17) is 5.73 Å². The van der Waals surface area contributed by atoms with Gasteiger partial charge in [0, 0.05) is 22.6 Å². The topological polar surface area (TPSA) is 124 Å². The fourth-order valence-corrected chi connectivity index (χ4v) is 5.61. The number of hydrogen-bond acceptors (Lipinski definition) is 9. The molecule has 0 amide bonds. The summed E-state index contributed by atoms with van der Waals surface area (Å²) in [4.78, 5) is 62.5. The van der Waals surface area contributed by atoms with Crippen molar-refractivity contribution in [2.45, 2.75) is 88.5 Å². The maximum atomic E-state index is 12.6. The van der Waals surface area contributed by atoms with Crippen molar-refractivity contribution in [2.75, 3.05) is 37.1 Å². The van der Waals surface area contributed by atoms with Gasteiger partial charge in [-0.1, -0.05) is 70.5 Å². The molecule has 2 N–H and O–H groups in total.